The van der Waals surface area contributed by atoms with Crippen LogP contribution in [-0.2, 0) is 10.4 Å². The number of hydrogen-bond donors (Lipinski definition) is 1. The number of nitrogens with zero attached hydrogens (tertiary/aromatic N) is 1. The molecule has 1 aliphatic heterocycles. The van der Waals surface area contributed by atoms with Crippen molar-refractivity contribution in [2.45, 2.75) is 12.0 Å². The van der Waals surface area contributed by atoms with Crippen LogP contribution in [0, 0.1) is 0 Å². The van der Waals surface area contributed by atoms with Gasteiger partial charge < -0.3 is 10.0 Å². The summed E-state index contributed by atoms with van der Waals surface area (Å²) in [7, 11) is 1.72. The van der Waals surface area contributed by atoms with E-state index in [-0.39, 0.29) is 11.5 Å². The summed E-state index contributed by atoms with van der Waals surface area (Å²) in [4.78, 5) is 13.4. The first-order valence-electron chi connectivity index (χ1n) is 5.28. The van der Waals surface area contributed by atoms with Crippen molar-refractivity contribution in [2.75, 3.05) is 13.6 Å². The van der Waals surface area contributed by atoms with Gasteiger partial charge in [-0.15, -0.1) is 0 Å². The van der Waals surface area contributed by atoms with E-state index >= 15 is 0 Å². The number of carbonyl (C=O) groups is 1. The molecule has 1 atom stereocenters. The average Bonchev–Trinajstić information content (AvgIpc) is 2.33. The van der Waals surface area contributed by atoms with Crippen LogP contribution in [0.3, 0.4) is 0 Å². The average molecular weight is 217 g/mol. The molecule has 0 spiro atoms. The smallest absolute Gasteiger partial charge is 0.252 e. The van der Waals surface area contributed by atoms with Crippen molar-refractivity contribution in [2.24, 2.45) is 0 Å². The van der Waals surface area contributed by atoms with Crippen LogP contribution in [0.15, 0.2) is 42.5 Å². The maximum Gasteiger partial charge on any atom is 0.252 e. The minimum Gasteiger partial charge on any atom is -0.380 e. The molecule has 1 aromatic rings. The Balaban J connectivity index is 2.40. The lowest BCUT2D eigenvalue weighted by atomic mass is 9.81. The molecule has 0 aliphatic carbocycles. The van der Waals surface area contributed by atoms with Gasteiger partial charge in [0.25, 0.3) is 5.91 Å². The molecule has 3 heteroatoms. The number of likely N-dealkylation sites (tertiary alicyclic amines) is 1. The topological polar surface area (TPSA) is 40.5 Å². The second kappa shape index (κ2) is 3.76. The maximum absolute atomic E-state index is 11.8. The molecule has 0 bridgehead atoms. The van der Waals surface area contributed by atoms with Gasteiger partial charge in [0.05, 0.1) is 0 Å². The standard InChI is InChI=1S/C13H15NO2/c1-10-12(15)14(2)9-8-13(10,16)11-6-4-3-5-7-11/h3-7,16H,1,8-9H2,2H3. The van der Waals surface area contributed by atoms with Gasteiger partial charge in [0.15, 0.2) is 0 Å². The molecule has 1 saturated heterocycles. The van der Waals surface area contributed by atoms with Gasteiger partial charge in [-0.3, -0.25) is 4.79 Å². The van der Waals surface area contributed by atoms with Gasteiger partial charge in [0.1, 0.15) is 5.60 Å². The number of likely N-dealkylation sites (N-methyl/N-ethyl adjacent to an activating group) is 1. The Bertz CT molecular complexity index is 427. The first-order chi connectivity index (χ1) is 7.55. The first kappa shape index (κ1) is 10.9. The minimum atomic E-state index is -1.20. The molecule has 1 aromatic carbocycles. The Morgan fingerprint density at radius 2 is 2.00 bits per heavy atom. The molecule has 1 aliphatic rings. The van der Waals surface area contributed by atoms with E-state index in [2.05, 4.69) is 6.58 Å². The lowest BCUT2D eigenvalue weighted by Crippen LogP contribution is -2.46. The van der Waals surface area contributed by atoms with Gasteiger partial charge in [0.2, 0.25) is 0 Å². The molecule has 1 amide bonds. The first-order valence-corrected chi connectivity index (χ1v) is 5.28. The lowest BCUT2D eigenvalue weighted by Gasteiger charge is -2.38. The molecule has 2 rings (SSSR count). The molecule has 1 fully saturated rings. The number of benzene rings is 1. The van der Waals surface area contributed by atoms with Crippen LogP contribution < -0.4 is 0 Å². The molecule has 1 N–H and O–H groups in total. The summed E-state index contributed by atoms with van der Waals surface area (Å²) in [5.74, 6) is -0.183. The van der Waals surface area contributed by atoms with Gasteiger partial charge in [-0.1, -0.05) is 36.9 Å². The van der Waals surface area contributed by atoms with Crippen LogP contribution in [0.4, 0.5) is 0 Å². The van der Waals surface area contributed by atoms with Crippen LogP contribution in [0.1, 0.15) is 12.0 Å². The molecule has 1 unspecified atom stereocenters. The highest BCUT2D eigenvalue weighted by molar-refractivity contribution is 5.95. The van der Waals surface area contributed by atoms with Crippen molar-refractivity contribution < 1.29 is 9.90 Å². The zero-order valence-electron chi connectivity index (χ0n) is 9.31. The third kappa shape index (κ3) is 1.53. The molecule has 84 valence electrons. The number of amides is 1. The molecule has 0 aromatic heterocycles. The van der Waals surface area contributed by atoms with E-state index in [0.29, 0.717) is 13.0 Å². The third-order valence-corrected chi connectivity index (χ3v) is 3.16. The van der Waals surface area contributed by atoms with Gasteiger partial charge in [-0.25, -0.2) is 0 Å². The fourth-order valence-corrected chi connectivity index (χ4v) is 2.02. The predicted octanol–water partition coefficient (Wildman–Crippen LogP) is 1.29. The third-order valence-electron chi connectivity index (χ3n) is 3.16. The fraction of sp³-hybridized carbons (Fsp3) is 0.308. The van der Waals surface area contributed by atoms with Crippen LogP contribution in [-0.4, -0.2) is 29.5 Å². The van der Waals surface area contributed by atoms with E-state index in [1.807, 2.05) is 30.3 Å². The highest BCUT2D eigenvalue weighted by atomic mass is 16.3. The van der Waals surface area contributed by atoms with Crippen LogP contribution in [0.5, 0.6) is 0 Å². The van der Waals surface area contributed by atoms with Gasteiger partial charge in [-0.2, -0.15) is 0 Å². The predicted molar refractivity (Wildman–Crippen MR) is 61.7 cm³/mol. The Morgan fingerprint density at radius 1 is 1.38 bits per heavy atom. The Morgan fingerprint density at radius 3 is 2.62 bits per heavy atom. The van der Waals surface area contributed by atoms with Crippen molar-refractivity contribution in [3.8, 4) is 0 Å². The van der Waals surface area contributed by atoms with Crippen molar-refractivity contribution in [3.63, 3.8) is 0 Å². The van der Waals surface area contributed by atoms with Crippen LogP contribution in [0.25, 0.3) is 0 Å². The number of rotatable bonds is 1. The van der Waals surface area contributed by atoms with Crippen molar-refractivity contribution in [1.82, 2.24) is 4.90 Å². The van der Waals surface area contributed by atoms with E-state index < -0.39 is 5.60 Å². The molecule has 0 radical (unpaired) electrons. The van der Waals surface area contributed by atoms with E-state index in [4.69, 9.17) is 0 Å². The van der Waals surface area contributed by atoms with Gasteiger partial charge >= 0.3 is 0 Å². The molecule has 0 saturated carbocycles. The second-order valence-corrected chi connectivity index (χ2v) is 4.18. The zero-order valence-corrected chi connectivity index (χ0v) is 9.31. The van der Waals surface area contributed by atoms with Crippen LogP contribution >= 0.6 is 0 Å². The number of piperidine rings is 1. The van der Waals surface area contributed by atoms with Crippen molar-refractivity contribution in [1.29, 1.82) is 0 Å². The summed E-state index contributed by atoms with van der Waals surface area (Å²) in [5.41, 5.74) is -0.209. The number of hydrogen-bond acceptors (Lipinski definition) is 2. The van der Waals surface area contributed by atoms with E-state index in [0.717, 1.165) is 5.56 Å². The van der Waals surface area contributed by atoms with E-state index in [1.54, 1.807) is 11.9 Å². The fourth-order valence-electron chi connectivity index (χ4n) is 2.02. The molecular weight excluding hydrogens is 202 g/mol. The van der Waals surface area contributed by atoms with Crippen LogP contribution in [0.2, 0.25) is 0 Å². The Labute approximate surface area is 95.0 Å². The monoisotopic (exact) mass is 217 g/mol. The van der Waals surface area contributed by atoms with Crippen molar-refractivity contribution >= 4 is 5.91 Å². The lowest BCUT2D eigenvalue weighted by molar-refractivity contribution is -0.132. The summed E-state index contributed by atoms with van der Waals surface area (Å²) in [5, 5.41) is 10.6. The van der Waals surface area contributed by atoms with E-state index in [1.165, 1.54) is 0 Å². The quantitative estimate of drug-likeness (QED) is 0.720. The molecular formula is C13H15NO2. The number of aliphatic hydroxyl groups is 1. The molecule has 1 heterocycles. The highest BCUT2D eigenvalue weighted by Gasteiger charge is 2.41. The Hall–Kier alpha value is -1.61. The summed E-state index contributed by atoms with van der Waals surface area (Å²) in [6.07, 6.45) is 0.498. The second-order valence-electron chi connectivity index (χ2n) is 4.18. The minimum absolute atomic E-state index is 0.183. The number of carbonyl (C=O) groups excluding carboxylic acids is 1. The van der Waals surface area contributed by atoms with Crippen molar-refractivity contribution in [3.05, 3.63) is 48.0 Å². The van der Waals surface area contributed by atoms with E-state index in [9.17, 15) is 9.90 Å². The highest BCUT2D eigenvalue weighted by Crippen LogP contribution is 2.36. The Kier molecular flexibility index (Phi) is 2.56. The summed E-state index contributed by atoms with van der Waals surface area (Å²) < 4.78 is 0. The summed E-state index contributed by atoms with van der Waals surface area (Å²) in [6.45, 7) is 4.28. The SMILES string of the molecule is C=C1C(=O)N(C)CCC1(O)c1ccccc1. The van der Waals surface area contributed by atoms with Gasteiger partial charge in [0, 0.05) is 25.6 Å². The largest absolute Gasteiger partial charge is 0.380 e. The maximum atomic E-state index is 11.8. The molecule has 16 heavy (non-hydrogen) atoms. The summed E-state index contributed by atoms with van der Waals surface area (Å²) >= 11 is 0. The van der Waals surface area contributed by atoms with Gasteiger partial charge in [-0.05, 0) is 5.56 Å². The molecule has 3 nitrogen and oxygen atoms in total. The summed E-state index contributed by atoms with van der Waals surface area (Å²) in [6, 6.07) is 9.23. The zero-order chi connectivity index (χ0) is 11.8. The normalized spacial score (nSPS) is 26.0.